The fourth-order valence-corrected chi connectivity index (χ4v) is 3.57. The third kappa shape index (κ3) is 3.01. The van der Waals surface area contributed by atoms with E-state index in [1.165, 1.54) is 5.56 Å². The molecule has 2 heterocycles. The summed E-state index contributed by atoms with van der Waals surface area (Å²) in [6, 6.07) is 26.7. The Bertz CT molecular complexity index is 1030. The van der Waals surface area contributed by atoms with Gasteiger partial charge in [-0.1, -0.05) is 54.6 Å². The number of hydrogen-bond donors (Lipinski definition) is 1. The lowest BCUT2D eigenvalue weighted by molar-refractivity contribution is 0.0363. The van der Waals surface area contributed by atoms with E-state index in [2.05, 4.69) is 58.8 Å². The predicted octanol–water partition coefficient (Wildman–Crippen LogP) is 4.17. The fraction of sp³-hybridized carbons (Fsp3) is 0.182. The first-order valence-corrected chi connectivity index (χ1v) is 9.17. The number of nitrogens with one attached hydrogen (secondary N) is 1. The van der Waals surface area contributed by atoms with Gasteiger partial charge in [0.25, 0.3) is 0 Å². The van der Waals surface area contributed by atoms with Gasteiger partial charge in [0.05, 0.1) is 5.69 Å². The van der Waals surface area contributed by atoms with Crippen molar-refractivity contribution < 1.29 is 4.74 Å². The highest BCUT2D eigenvalue weighted by Gasteiger charge is 2.33. The minimum Gasteiger partial charge on any atom is -0.350 e. The minimum absolute atomic E-state index is 0.0500. The highest BCUT2D eigenvalue weighted by Crippen LogP contribution is 2.34. The third-order valence-corrected chi connectivity index (χ3v) is 4.99. The van der Waals surface area contributed by atoms with Crippen LogP contribution in [0, 0.1) is 0 Å². The van der Waals surface area contributed by atoms with Crippen molar-refractivity contribution in [3.8, 4) is 5.69 Å². The van der Waals surface area contributed by atoms with E-state index in [0.29, 0.717) is 0 Å². The molecule has 5 nitrogen and oxygen atoms in total. The van der Waals surface area contributed by atoms with Crippen LogP contribution in [0.1, 0.15) is 30.4 Å². The first kappa shape index (κ1) is 16.2. The van der Waals surface area contributed by atoms with Gasteiger partial charge in [0.2, 0.25) is 0 Å². The molecule has 1 aromatic heterocycles. The van der Waals surface area contributed by atoms with Crippen LogP contribution in [0.5, 0.6) is 0 Å². The van der Waals surface area contributed by atoms with Crippen molar-refractivity contribution in [1.29, 1.82) is 0 Å². The van der Waals surface area contributed by atoms with E-state index in [1.807, 2.05) is 42.5 Å². The summed E-state index contributed by atoms with van der Waals surface area (Å²) in [6.45, 7) is 2.16. The van der Waals surface area contributed by atoms with Gasteiger partial charge in [0.1, 0.15) is 23.4 Å². The van der Waals surface area contributed by atoms with Gasteiger partial charge < -0.3 is 4.74 Å². The van der Waals surface area contributed by atoms with Crippen molar-refractivity contribution in [2.24, 2.45) is 0 Å². The van der Waals surface area contributed by atoms with Gasteiger partial charge in [0, 0.05) is 6.04 Å². The molecule has 5 rings (SSSR count). The first-order chi connectivity index (χ1) is 13.3. The molecular formula is C22H20N4O. The largest absolute Gasteiger partial charge is 0.350 e. The molecule has 1 fully saturated rings. The summed E-state index contributed by atoms with van der Waals surface area (Å²) < 4.78 is 6.29. The SMILES string of the molecule is C[C@H]1N[C@H](c2ccc(-n3nc4ccccc4n3)cc2)O[C@@H]1c1ccccc1. The predicted molar refractivity (Wildman–Crippen MR) is 104 cm³/mol. The van der Waals surface area contributed by atoms with Crippen LogP contribution in [0.2, 0.25) is 0 Å². The maximum Gasteiger partial charge on any atom is 0.135 e. The molecule has 0 amide bonds. The van der Waals surface area contributed by atoms with Crippen molar-refractivity contribution in [2.45, 2.75) is 25.3 Å². The number of ether oxygens (including phenoxy) is 1. The molecule has 0 saturated carbocycles. The molecule has 1 saturated heterocycles. The topological polar surface area (TPSA) is 52.0 Å². The summed E-state index contributed by atoms with van der Waals surface area (Å²) in [5.41, 5.74) is 5.01. The molecule has 134 valence electrons. The average molecular weight is 356 g/mol. The normalized spacial score (nSPS) is 22.3. The Hall–Kier alpha value is -3.02. The molecule has 1 aliphatic rings. The number of rotatable bonds is 3. The molecule has 3 atom stereocenters. The summed E-state index contributed by atoms with van der Waals surface area (Å²) in [5.74, 6) is 0. The number of benzene rings is 3. The van der Waals surface area contributed by atoms with Crippen LogP contribution in [0.4, 0.5) is 0 Å². The molecule has 0 radical (unpaired) electrons. The lowest BCUT2D eigenvalue weighted by atomic mass is 10.0. The van der Waals surface area contributed by atoms with Crippen LogP contribution in [-0.2, 0) is 4.74 Å². The summed E-state index contributed by atoms with van der Waals surface area (Å²) >= 11 is 0. The monoisotopic (exact) mass is 356 g/mol. The highest BCUT2D eigenvalue weighted by atomic mass is 16.5. The zero-order valence-electron chi connectivity index (χ0n) is 15.0. The molecule has 5 heteroatoms. The Balaban J connectivity index is 1.37. The zero-order valence-corrected chi connectivity index (χ0v) is 15.0. The molecule has 4 aromatic rings. The van der Waals surface area contributed by atoms with Crippen molar-refractivity contribution in [3.05, 3.63) is 90.0 Å². The fourth-order valence-electron chi connectivity index (χ4n) is 3.57. The van der Waals surface area contributed by atoms with Crippen LogP contribution in [-0.4, -0.2) is 21.0 Å². The summed E-state index contributed by atoms with van der Waals surface area (Å²) in [4.78, 5) is 1.67. The Morgan fingerprint density at radius 2 is 1.41 bits per heavy atom. The van der Waals surface area contributed by atoms with Gasteiger partial charge in [-0.2, -0.15) is 4.80 Å². The number of aromatic nitrogens is 3. The second-order valence-corrected chi connectivity index (χ2v) is 6.87. The Morgan fingerprint density at radius 3 is 2.07 bits per heavy atom. The van der Waals surface area contributed by atoms with Gasteiger partial charge in [-0.15, -0.1) is 10.2 Å². The smallest absolute Gasteiger partial charge is 0.135 e. The second kappa shape index (κ2) is 6.61. The van der Waals surface area contributed by atoms with E-state index < -0.39 is 0 Å². The van der Waals surface area contributed by atoms with Crippen LogP contribution in [0.25, 0.3) is 16.7 Å². The third-order valence-electron chi connectivity index (χ3n) is 4.99. The van der Waals surface area contributed by atoms with Crippen LogP contribution < -0.4 is 5.32 Å². The summed E-state index contributed by atoms with van der Waals surface area (Å²) in [7, 11) is 0. The Labute approximate surface area is 157 Å². The lowest BCUT2D eigenvalue weighted by Gasteiger charge is -2.14. The lowest BCUT2D eigenvalue weighted by Crippen LogP contribution is -2.23. The maximum absolute atomic E-state index is 6.29. The molecular weight excluding hydrogens is 336 g/mol. The van der Waals surface area contributed by atoms with E-state index in [0.717, 1.165) is 22.3 Å². The molecule has 1 aliphatic heterocycles. The summed E-state index contributed by atoms with van der Waals surface area (Å²) in [6.07, 6.45) is -0.0714. The number of fused-ring (bicyclic) bond motifs is 1. The molecule has 3 aromatic carbocycles. The van der Waals surface area contributed by atoms with E-state index in [9.17, 15) is 0 Å². The van der Waals surface area contributed by atoms with Crippen molar-refractivity contribution in [2.75, 3.05) is 0 Å². The molecule has 27 heavy (non-hydrogen) atoms. The Morgan fingerprint density at radius 1 is 0.778 bits per heavy atom. The van der Waals surface area contributed by atoms with Gasteiger partial charge >= 0.3 is 0 Å². The van der Waals surface area contributed by atoms with Gasteiger partial charge in [-0.3, -0.25) is 5.32 Å². The Kier molecular flexibility index (Phi) is 3.96. The average Bonchev–Trinajstić information content (AvgIpc) is 3.32. The first-order valence-electron chi connectivity index (χ1n) is 9.17. The molecule has 0 spiro atoms. The standard InChI is InChI=1S/C22H20N4O/c1-15-21(16-7-3-2-4-8-16)27-22(23-15)17-11-13-18(14-12-17)26-24-19-9-5-6-10-20(19)25-26/h2-15,21-23H,1H3/t15-,21+,22+/m1/s1. The van der Waals surface area contributed by atoms with Crippen LogP contribution in [0.15, 0.2) is 78.9 Å². The van der Waals surface area contributed by atoms with E-state index in [4.69, 9.17) is 4.74 Å². The van der Waals surface area contributed by atoms with E-state index >= 15 is 0 Å². The maximum atomic E-state index is 6.29. The minimum atomic E-state index is -0.121. The molecule has 1 N–H and O–H groups in total. The molecule has 0 aliphatic carbocycles. The van der Waals surface area contributed by atoms with E-state index in [-0.39, 0.29) is 18.4 Å². The van der Waals surface area contributed by atoms with Crippen LogP contribution >= 0.6 is 0 Å². The van der Waals surface area contributed by atoms with Gasteiger partial charge in [0.15, 0.2) is 0 Å². The highest BCUT2D eigenvalue weighted by molar-refractivity contribution is 5.73. The van der Waals surface area contributed by atoms with Crippen molar-refractivity contribution in [3.63, 3.8) is 0 Å². The number of hydrogen-bond acceptors (Lipinski definition) is 4. The van der Waals surface area contributed by atoms with Crippen LogP contribution in [0.3, 0.4) is 0 Å². The zero-order chi connectivity index (χ0) is 18.2. The van der Waals surface area contributed by atoms with E-state index in [1.54, 1.807) is 4.80 Å². The van der Waals surface area contributed by atoms with Crippen molar-refractivity contribution >= 4 is 11.0 Å². The molecule has 0 unspecified atom stereocenters. The van der Waals surface area contributed by atoms with Gasteiger partial charge in [-0.25, -0.2) is 0 Å². The molecule has 0 bridgehead atoms. The summed E-state index contributed by atoms with van der Waals surface area (Å²) in [5, 5.41) is 12.6. The van der Waals surface area contributed by atoms with Gasteiger partial charge in [-0.05, 0) is 42.3 Å². The van der Waals surface area contributed by atoms with Crippen molar-refractivity contribution in [1.82, 2.24) is 20.3 Å². The number of nitrogens with zero attached hydrogens (tertiary/aromatic N) is 3. The second-order valence-electron chi connectivity index (χ2n) is 6.87. The quantitative estimate of drug-likeness (QED) is 0.599.